The summed E-state index contributed by atoms with van der Waals surface area (Å²) in [6.45, 7) is 2.80. The van der Waals surface area contributed by atoms with Crippen LogP contribution >= 0.6 is 11.3 Å². The molecule has 2 aromatic rings. The highest BCUT2D eigenvalue weighted by atomic mass is 32.1. The highest BCUT2D eigenvalue weighted by Gasteiger charge is 2.44. The van der Waals surface area contributed by atoms with E-state index in [9.17, 15) is 4.79 Å². The van der Waals surface area contributed by atoms with Crippen LogP contribution in [-0.2, 0) is 13.6 Å². The summed E-state index contributed by atoms with van der Waals surface area (Å²) in [4.78, 5) is 21.6. The molecule has 1 amide bonds. The first-order chi connectivity index (χ1) is 10.7. The Kier molecular flexibility index (Phi) is 3.46. The van der Waals surface area contributed by atoms with Gasteiger partial charge in [-0.05, 0) is 12.8 Å². The van der Waals surface area contributed by atoms with Crippen molar-refractivity contribution in [2.75, 3.05) is 13.1 Å². The Bertz CT molecular complexity index is 667. The van der Waals surface area contributed by atoms with Gasteiger partial charge in [-0.3, -0.25) is 14.4 Å². The van der Waals surface area contributed by atoms with E-state index >= 15 is 0 Å². The molecule has 0 N–H and O–H groups in total. The predicted octanol–water partition coefficient (Wildman–Crippen LogP) is 1.37. The first kappa shape index (κ1) is 13.9. The highest BCUT2D eigenvalue weighted by molar-refractivity contribution is 7.09. The number of carbonyl (C=O) groups excluding carboxylic acids is 1. The second kappa shape index (κ2) is 5.48. The van der Waals surface area contributed by atoms with Crippen LogP contribution in [0.3, 0.4) is 0 Å². The smallest absolute Gasteiger partial charge is 0.257 e. The summed E-state index contributed by atoms with van der Waals surface area (Å²) in [6, 6.07) is 0.817. The van der Waals surface area contributed by atoms with Gasteiger partial charge in [-0.1, -0.05) is 0 Å². The molecule has 22 heavy (non-hydrogen) atoms. The number of rotatable bonds is 3. The van der Waals surface area contributed by atoms with Crippen LogP contribution in [0.4, 0.5) is 0 Å². The molecule has 0 aromatic carbocycles. The van der Waals surface area contributed by atoms with Crippen LogP contribution in [0.2, 0.25) is 0 Å². The van der Waals surface area contributed by atoms with Gasteiger partial charge in [0, 0.05) is 50.0 Å². The van der Waals surface area contributed by atoms with Crippen molar-refractivity contribution in [1.29, 1.82) is 0 Å². The lowest BCUT2D eigenvalue weighted by Gasteiger charge is -2.24. The number of thiazole rings is 1. The van der Waals surface area contributed by atoms with Crippen molar-refractivity contribution in [3.8, 4) is 0 Å². The zero-order valence-electron chi connectivity index (χ0n) is 12.6. The Morgan fingerprint density at radius 2 is 2.23 bits per heavy atom. The molecule has 0 unspecified atom stereocenters. The summed E-state index contributed by atoms with van der Waals surface area (Å²) in [5.41, 5.74) is 0.696. The molecule has 0 saturated carbocycles. The maximum absolute atomic E-state index is 12.7. The maximum Gasteiger partial charge on any atom is 0.257 e. The quantitative estimate of drug-likeness (QED) is 0.858. The highest BCUT2D eigenvalue weighted by Crippen LogP contribution is 2.33. The molecule has 6 nitrogen and oxygen atoms in total. The zero-order chi connectivity index (χ0) is 15.1. The van der Waals surface area contributed by atoms with Crippen LogP contribution in [-0.4, -0.2) is 55.6 Å². The maximum atomic E-state index is 12.7. The van der Waals surface area contributed by atoms with Gasteiger partial charge in [-0.25, -0.2) is 4.98 Å². The van der Waals surface area contributed by atoms with Gasteiger partial charge in [0.05, 0.1) is 18.3 Å². The second-order valence-electron chi connectivity index (χ2n) is 6.01. The molecule has 2 aliphatic rings. The molecule has 7 heteroatoms. The third-order valence-electron chi connectivity index (χ3n) is 4.73. The first-order valence-electron chi connectivity index (χ1n) is 7.64. The fraction of sp³-hybridized carbons (Fsp3) is 0.533. The fourth-order valence-corrected chi connectivity index (χ4v) is 4.37. The minimum absolute atomic E-state index is 0.122. The number of aromatic nitrogens is 3. The number of fused-ring (bicyclic) bond motifs is 1. The number of hydrogen-bond acceptors (Lipinski definition) is 5. The van der Waals surface area contributed by atoms with E-state index in [2.05, 4.69) is 15.0 Å². The van der Waals surface area contributed by atoms with Crippen molar-refractivity contribution in [3.05, 3.63) is 34.5 Å². The third-order valence-corrected chi connectivity index (χ3v) is 5.49. The van der Waals surface area contributed by atoms with Gasteiger partial charge < -0.3 is 4.90 Å². The van der Waals surface area contributed by atoms with Crippen molar-refractivity contribution < 1.29 is 4.79 Å². The Labute approximate surface area is 133 Å². The van der Waals surface area contributed by atoms with Crippen molar-refractivity contribution in [1.82, 2.24) is 24.6 Å². The minimum Gasteiger partial charge on any atom is -0.334 e. The average Bonchev–Trinajstić information content (AvgIpc) is 3.24. The summed E-state index contributed by atoms with van der Waals surface area (Å²) < 4.78 is 1.68. The Morgan fingerprint density at radius 3 is 2.95 bits per heavy atom. The Morgan fingerprint density at radius 1 is 1.36 bits per heavy atom. The van der Waals surface area contributed by atoms with E-state index in [4.69, 9.17) is 0 Å². The van der Waals surface area contributed by atoms with Crippen LogP contribution < -0.4 is 0 Å². The van der Waals surface area contributed by atoms with E-state index in [-0.39, 0.29) is 5.91 Å². The number of amides is 1. The number of aryl methyl sites for hydroxylation is 1. The lowest BCUT2D eigenvalue weighted by Crippen LogP contribution is -2.39. The number of nitrogens with zero attached hydrogens (tertiary/aromatic N) is 5. The molecule has 0 spiro atoms. The third kappa shape index (κ3) is 2.34. The van der Waals surface area contributed by atoms with Crippen LogP contribution in [0.1, 0.15) is 28.2 Å². The van der Waals surface area contributed by atoms with Crippen molar-refractivity contribution in [2.45, 2.75) is 31.5 Å². The van der Waals surface area contributed by atoms with E-state index in [1.807, 2.05) is 23.5 Å². The Balaban J connectivity index is 1.47. The molecular formula is C15H19N5OS. The molecular weight excluding hydrogens is 298 g/mol. The van der Waals surface area contributed by atoms with Gasteiger partial charge in [0.15, 0.2) is 0 Å². The van der Waals surface area contributed by atoms with Gasteiger partial charge in [0.1, 0.15) is 5.01 Å². The minimum atomic E-state index is 0.122. The van der Waals surface area contributed by atoms with Gasteiger partial charge in [-0.15, -0.1) is 11.3 Å². The summed E-state index contributed by atoms with van der Waals surface area (Å²) in [5, 5.41) is 7.30. The normalized spacial score (nSPS) is 24.9. The van der Waals surface area contributed by atoms with E-state index in [1.54, 1.807) is 28.4 Å². The molecule has 2 saturated heterocycles. The molecule has 0 radical (unpaired) electrons. The van der Waals surface area contributed by atoms with Crippen molar-refractivity contribution in [3.63, 3.8) is 0 Å². The van der Waals surface area contributed by atoms with Crippen LogP contribution in [0.15, 0.2) is 24.0 Å². The van der Waals surface area contributed by atoms with E-state index in [0.717, 1.165) is 37.5 Å². The van der Waals surface area contributed by atoms with Crippen LogP contribution in [0.5, 0.6) is 0 Å². The van der Waals surface area contributed by atoms with Crippen LogP contribution in [0.25, 0.3) is 0 Å². The zero-order valence-corrected chi connectivity index (χ0v) is 13.4. The molecule has 0 aliphatic carbocycles. The largest absolute Gasteiger partial charge is 0.334 e. The summed E-state index contributed by atoms with van der Waals surface area (Å²) in [5.74, 6) is 0.122. The van der Waals surface area contributed by atoms with Gasteiger partial charge in [-0.2, -0.15) is 5.10 Å². The van der Waals surface area contributed by atoms with Crippen molar-refractivity contribution >= 4 is 17.2 Å². The molecule has 116 valence electrons. The monoisotopic (exact) mass is 317 g/mol. The first-order valence-corrected chi connectivity index (χ1v) is 8.52. The number of likely N-dealkylation sites (tertiary alicyclic amines) is 2. The lowest BCUT2D eigenvalue weighted by molar-refractivity contribution is 0.0732. The fourth-order valence-electron chi connectivity index (χ4n) is 3.73. The van der Waals surface area contributed by atoms with Gasteiger partial charge >= 0.3 is 0 Å². The number of hydrogen-bond donors (Lipinski definition) is 0. The summed E-state index contributed by atoms with van der Waals surface area (Å²) >= 11 is 1.71. The second-order valence-corrected chi connectivity index (χ2v) is 6.99. The predicted molar refractivity (Wildman–Crippen MR) is 83.6 cm³/mol. The average molecular weight is 317 g/mol. The summed E-state index contributed by atoms with van der Waals surface area (Å²) in [6.07, 6.45) is 7.44. The summed E-state index contributed by atoms with van der Waals surface area (Å²) in [7, 11) is 1.84. The molecule has 4 rings (SSSR count). The van der Waals surface area contributed by atoms with E-state index in [1.165, 1.54) is 0 Å². The molecule has 4 heterocycles. The number of carbonyl (C=O) groups is 1. The topological polar surface area (TPSA) is 54.3 Å². The molecule has 2 atom stereocenters. The van der Waals surface area contributed by atoms with Crippen LogP contribution in [0, 0.1) is 0 Å². The standard InChI is InChI=1S/C15H19N5OS/c1-18-9-11(8-17-18)15(21)20-6-3-12-13(20)2-5-19(12)10-14-16-4-7-22-14/h4,7-9,12-13H,2-3,5-6,10H2,1H3/t12-,13+/m1/s1. The molecule has 2 aromatic heterocycles. The van der Waals surface area contributed by atoms with Gasteiger partial charge in [0.2, 0.25) is 0 Å². The molecule has 2 fully saturated rings. The van der Waals surface area contributed by atoms with E-state index in [0.29, 0.717) is 17.6 Å². The van der Waals surface area contributed by atoms with E-state index < -0.39 is 0 Å². The van der Waals surface area contributed by atoms with Gasteiger partial charge in [0.25, 0.3) is 5.91 Å². The van der Waals surface area contributed by atoms with Crippen molar-refractivity contribution in [2.24, 2.45) is 7.05 Å². The lowest BCUT2D eigenvalue weighted by atomic mass is 10.1. The SMILES string of the molecule is Cn1cc(C(=O)N2CC[C@@H]3[C@@H]2CCN3Cc2nccs2)cn1. The Hall–Kier alpha value is -1.73. The molecule has 0 bridgehead atoms. The molecule has 2 aliphatic heterocycles.